The molecule has 0 saturated carbocycles. The molecule has 0 aliphatic rings. The van der Waals surface area contributed by atoms with Gasteiger partial charge in [0.1, 0.15) is 5.82 Å². The van der Waals surface area contributed by atoms with Gasteiger partial charge in [0.2, 0.25) is 0 Å². The van der Waals surface area contributed by atoms with Gasteiger partial charge in [-0.1, -0.05) is 11.6 Å². The summed E-state index contributed by atoms with van der Waals surface area (Å²) in [5.41, 5.74) is 3.26. The zero-order valence-electron chi connectivity index (χ0n) is 12.9. The summed E-state index contributed by atoms with van der Waals surface area (Å²) in [7, 11) is 1.95. The largest absolute Gasteiger partial charge is 0.366 e. The first kappa shape index (κ1) is 16.3. The van der Waals surface area contributed by atoms with Crippen molar-refractivity contribution in [2.24, 2.45) is 4.99 Å². The Bertz CT molecular complexity index is 668. The Morgan fingerprint density at radius 2 is 1.95 bits per heavy atom. The number of hydrogen-bond acceptors (Lipinski definition) is 2. The highest BCUT2D eigenvalue weighted by Gasteiger charge is 2.08. The van der Waals surface area contributed by atoms with Crippen LogP contribution in [0.15, 0.2) is 41.4 Å². The second-order valence-electron chi connectivity index (χ2n) is 5.10. The molecule has 0 unspecified atom stereocenters. The van der Waals surface area contributed by atoms with E-state index in [-0.39, 0.29) is 5.82 Å². The van der Waals surface area contributed by atoms with Crippen molar-refractivity contribution in [2.75, 3.05) is 18.9 Å². The van der Waals surface area contributed by atoms with Gasteiger partial charge in [-0.25, -0.2) is 9.38 Å². The number of nitrogens with one attached hydrogen (secondary N) is 1. The van der Waals surface area contributed by atoms with Crippen LogP contribution in [-0.2, 0) is 0 Å². The van der Waals surface area contributed by atoms with Gasteiger partial charge in [-0.15, -0.1) is 0 Å². The second kappa shape index (κ2) is 7.27. The molecule has 0 aromatic heterocycles. The molecule has 0 amide bonds. The first-order valence-corrected chi connectivity index (χ1v) is 7.44. The van der Waals surface area contributed by atoms with Crippen LogP contribution >= 0.6 is 11.6 Å². The molecule has 0 radical (unpaired) electrons. The maximum atomic E-state index is 13.0. The molecule has 0 fully saturated rings. The zero-order chi connectivity index (χ0) is 16.1. The highest BCUT2D eigenvalue weighted by Crippen LogP contribution is 2.35. The molecule has 2 aromatic rings. The first-order valence-electron chi connectivity index (χ1n) is 7.06. The lowest BCUT2D eigenvalue weighted by Gasteiger charge is -2.13. The van der Waals surface area contributed by atoms with Crippen molar-refractivity contribution in [1.82, 2.24) is 4.90 Å². The topological polar surface area (TPSA) is 27.6 Å². The molecule has 3 nitrogen and oxygen atoms in total. The minimum atomic E-state index is -0.270. The lowest BCUT2D eigenvalue weighted by molar-refractivity contribution is 0.552. The van der Waals surface area contributed by atoms with Gasteiger partial charge in [0.15, 0.2) is 0 Å². The zero-order valence-corrected chi connectivity index (χ0v) is 13.7. The third-order valence-electron chi connectivity index (χ3n) is 3.21. The van der Waals surface area contributed by atoms with Gasteiger partial charge in [-0.3, -0.25) is 0 Å². The fraction of sp³-hybridized carbons (Fsp3) is 0.235. The number of anilines is 2. The average Bonchev–Trinajstić information content (AvgIpc) is 2.50. The van der Waals surface area contributed by atoms with Crippen LogP contribution in [0.25, 0.3) is 0 Å². The van der Waals surface area contributed by atoms with Crippen LogP contribution in [0.5, 0.6) is 0 Å². The van der Waals surface area contributed by atoms with Crippen LogP contribution in [0, 0.1) is 12.7 Å². The van der Waals surface area contributed by atoms with E-state index >= 15 is 0 Å². The van der Waals surface area contributed by atoms with Gasteiger partial charge >= 0.3 is 0 Å². The number of aliphatic imine (C=N–C) groups is 1. The predicted molar refractivity (Wildman–Crippen MR) is 92.3 cm³/mol. The smallest absolute Gasteiger partial charge is 0.123 e. The van der Waals surface area contributed by atoms with Crippen molar-refractivity contribution in [3.8, 4) is 0 Å². The maximum Gasteiger partial charge on any atom is 0.123 e. The van der Waals surface area contributed by atoms with Crippen LogP contribution in [-0.4, -0.2) is 24.8 Å². The van der Waals surface area contributed by atoms with Crippen LogP contribution < -0.4 is 5.32 Å². The third kappa shape index (κ3) is 4.21. The highest BCUT2D eigenvalue weighted by atomic mass is 35.5. The van der Waals surface area contributed by atoms with E-state index in [9.17, 15) is 4.39 Å². The summed E-state index contributed by atoms with van der Waals surface area (Å²) in [6, 6.07) is 10.0. The standard InChI is InChI=1S/C17H19ClFN3/c1-4-22(3)11-20-15-9-12(2)10-16(17(15)18)21-14-7-5-13(19)6-8-14/h5-11,21H,4H2,1-3H3. The van der Waals surface area contributed by atoms with Crippen LogP contribution in [0.2, 0.25) is 5.02 Å². The Morgan fingerprint density at radius 1 is 1.27 bits per heavy atom. The van der Waals surface area contributed by atoms with E-state index in [2.05, 4.69) is 10.3 Å². The normalized spacial score (nSPS) is 11.0. The summed E-state index contributed by atoms with van der Waals surface area (Å²) in [6.45, 7) is 4.90. The Balaban J connectivity index is 2.30. The van der Waals surface area contributed by atoms with E-state index in [0.29, 0.717) is 10.7 Å². The molecule has 0 atom stereocenters. The van der Waals surface area contributed by atoms with E-state index < -0.39 is 0 Å². The van der Waals surface area contributed by atoms with E-state index in [1.807, 2.05) is 37.9 Å². The van der Waals surface area contributed by atoms with Crippen molar-refractivity contribution in [3.63, 3.8) is 0 Å². The molecule has 1 N–H and O–H groups in total. The molecule has 116 valence electrons. The molecule has 0 spiro atoms. The number of rotatable bonds is 5. The minimum absolute atomic E-state index is 0.270. The molecule has 0 aliphatic heterocycles. The summed E-state index contributed by atoms with van der Waals surface area (Å²) in [4.78, 5) is 6.39. The van der Waals surface area contributed by atoms with E-state index in [4.69, 9.17) is 11.6 Å². The molecule has 5 heteroatoms. The molecule has 0 bridgehead atoms. The fourth-order valence-electron chi connectivity index (χ4n) is 1.87. The lowest BCUT2D eigenvalue weighted by Crippen LogP contribution is -2.14. The highest BCUT2D eigenvalue weighted by molar-refractivity contribution is 6.36. The van der Waals surface area contributed by atoms with Gasteiger partial charge < -0.3 is 10.2 Å². The van der Waals surface area contributed by atoms with Crippen molar-refractivity contribution in [1.29, 1.82) is 0 Å². The Labute approximate surface area is 135 Å². The molecule has 22 heavy (non-hydrogen) atoms. The number of benzene rings is 2. The number of halogens is 2. The fourth-order valence-corrected chi connectivity index (χ4v) is 2.07. The van der Waals surface area contributed by atoms with E-state index in [1.54, 1.807) is 18.5 Å². The Kier molecular flexibility index (Phi) is 5.39. The minimum Gasteiger partial charge on any atom is -0.366 e. The predicted octanol–water partition coefficient (Wildman–Crippen LogP) is 5.14. The van der Waals surface area contributed by atoms with Crippen molar-refractivity contribution >= 4 is 35.0 Å². The van der Waals surface area contributed by atoms with Crippen molar-refractivity contribution in [3.05, 3.63) is 52.8 Å². The lowest BCUT2D eigenvalue weighted by atomic mass is 10.2. The van der Waals surface area contributed by atoms with Crippen LogP contribution in [0.1, 0.15) is 12.5 Å². The summed E-state index contributed by atoms with van der Waals surface area (Å²) < 4.78 is 13.0. The third-order valence-corrected chi connectivity index (χ3v) is 3.61. The van der Waals surface area contributed by atoms with Crippen LogP contribution in [0.4, 0.5) is 21.5 Å². The second-order valence-corrected chi connectivity index (χ2v) is 5.47. The first-order chi connectivity index (χ1) is 10.5. The molecule has 0 aliphatic carbocycles. The molecule has 2 rings (SSSR count). The average molecular weight is 320 g/mol. The number of aryl methyl sites for hydroxylation is 1. The quantitative estimate of drug-likeness (QED) is 0.610. The van der Waals surface area contributed by atoms with E-state index in [1.165, 1.54) is 12.1 Å². The summed E-state index contributed by atoms with van der Waals surface area (Å²) in [6.07, 6.45) is 1.75. The summed E-state index contributed by atoms with van der Waals surface area (Å²) in [5, 5.41) is 3.73. The number of hydrogen-bond donors (Lipinski definition) is 1. The van der Waals surface area contributed by atoms with Crippen molar-refractivity contribution < 1.29 is 4.39 Å². The molecular formula is C17H19ClFN3. The Hall–Kier alpha value is -2.07. The van der Waals surface area contributed by atoms with Crippen LogP contribution in [0.3, 0.4) is 0 Å². The van der Waals surface area contributed by atoms with Gasteiger partial charge in [0.25, 0.3) is 0 Å². The van der Waals surface area contributed by atoms with Gasteiger partial charge in [0, 0.05) is 19.3 Å². The van der Waals surface area contributed by atoms with Crippen molar-refractivity contribution in [2.45, 2.75) is 13.8 Å². The molecule has 0 heterocycles. The maximum absolute atomic E-state index is 13.0. The van der Waals surface area contributed by atoms with Gasteiger partial charge in [0.05, 0.1) is 22.7 Å². The van der Waals surface area contributed by atoms with Gasteiger partial charge in [-0.2, -0.15) is 0 Å². The SMILES string of the molecule is CCN(C)C=Nc1cc(C)cc(Nc2ccc(F)cc2)c1Cl. The summed E-state index contributed by atoms with van der Waals surface area (Å²) in [5.74, 6) is -0.270. The summed E-state index contributed by atoms with van der Waals surface area (Å²) >= 11 is 6.42. The Morgan fingerprint density at radius 3 is 2.59 bits per heavy atom. The molecular weight excluding hydrogens is 301 g/mol. The monoisotopic (exact) mass is 319 g/mol. The molecule has 0 saturated heterocycles. The molecule has 2 aromatic carbocycles. The van der Waals surface area contributed by atoms with E-state index in [0.717, 1.165) is 23.5 Å². The number of nitrogens with zero attached hydrogens (tertiary/aromatic N) is 2. The van der Waals surface area contributed by atoms with Gasteiger partial charge in [-0.05, 0) is 55.8 Å².